The van der Waals surface area contributed by atoms with E-state index in [2.05, 4.69) is 10.2 Å². The van der Waals surface area contributed by atoms with E-state index in [9.17, 15) is 18.0 Å². The molecule has 0 unspecified atom stereocenters. The molecule has 0 aliphatic rings. The van der Waals surface area contributed by atoms with E-state index >= 15 is 0 Å². The van der Waals surface area contributed by atoms with Crippen LogP contribution in [-0.4, -0.2) is 35.9 Å². The number of Topliss-reactive ketones (excluding diaryl/α,β-unsaturated/α-hetero) is 1. The van der Waals surface area contributed by atoms with Crippen LogP contribution in [0.15, 0.2) is 30.6 Å². The minimum absolute atomic E-state index is 0.113. The molecule has 0 bridgehead atoms. The quantitative estimate of drug-likeness (QED) is 0.700. The van der Waals surface area contributed by atoms with Gasteiger partial charge in [0.2, 0.25) is 0 Å². The number of fused-ring (bicyclic) bond motifs is 1. The summed E-state index contributed by atoms with van der Waals surface area (Å²) in [5.41, 5.74) is 0.754. The number of aromatic nitrogens is 4. The van der Waals surface area contributed by atoms with E-state index in [1.165, 1.54) is 10.7 Å². The van der Waals surface area contributed by atoms with Crippen molar-refractivity contribution in [3.8, 4) is 11.3 Å². The molecule has 158 valence electrons. The van der Waals surface area contributed by atoms with Crippen LogP contribution in [0.25, 0.3) is 16.8 Å². The van der Waals surface area contributed by atoms with Gasteiger partial charge in [0.05, 0.1) is 33.6 Å². The van der Waals surface area contributed by atoms with Crippen molar-refractivity contribution in [2.24, 2.45) is 7.05 Å². The molecule has 6 nitrogen and oxygen atoms in total. The standard InChI is InChI=1S/C13H11F3N4.C7H14O2/c1-8-12(10-4-5-19(2)18-10)11-7-9(13(14,15)16)3-6-20(11)17-8;1-4-6(8)5-7(2,3)9/h3-7H,1-2H3;9H,4-5H2,1-3H3. The van der Waals surface area contributed by atoms with Gasteiger partial charge in [0, 0.05) is 32.3 Å². The molecule has 0 amide bonds. The van der Waals surface area contributed by atoms with Gasteiger partial charge in [0.1, 0.15) is 5.78 Å². The van der Waals surface area contributed by atoms with Crippen molar-refractivity contribution in [2.45, 2.75) is 52.3 Å². The van der Waals surface area contributed by atoms with E-state index in [1.807, 2.05) is 0 Å². The maximum absolute atomic E-state index is 12.8. The van der Waals surface area contributed by atoms with Crippen molar-refractivity contribution >= 4 is 11.3 Å². The number of halogens is 3. The Labute approximate surface area is 167 Å². The minimum Gasteiger partial charge on any atom is -0.390 e. The van der Waals surface area contributed by atoms with Gasteiger partial charge in [-0.05, 0) is 39.0 Å². The van der Waals surface area contributed by atoms with Crippen LogP contribution >= 0.6 is 0 Å². The number of hydrogen-bond donors (Lipinski definition) is 1. The van der Waals surface area contributed by atoms with E-state index in [0.29, 0.717) is 28.9 Å². The third-order valence-corrected chi connectivity index (χ3v) is 4.13. The predicted molar refractivity (Wildman–Crippen MR) is 103 cm³/mol. The number of rotatable bonds is 4. The molecule has 0 aromatic carbocycles. The van der Waals surface area contributed by atoms with Gasteiger partial charge in [-0.25, -0.2) is 4.52 Å². The Bertz CT molecular complexity index is 997. The zero-order chi connectivity index (χ0) is 22.0. The Hall–Kier alpha value is -2.68. The molecule has 3 heterocycles. The third kappa shape index (κ3) is 5.90. The maximum Gasteiger partial charge on any atom is 0.416 e. The second-order valence-electron chi connectivity index (χ2n) is 7.46. The van der Waals surface area contributed by atoms with Crippen molar-refractivity contribution in [1.29, 1.82) is 0 Å². The Morgan fingerprint density at radius 3 is 2.28 bits per heavy atom. The summed E-state index contributed by atoms with van der Waals surface area (Å²) in [6.07, 6.45) is -0.529. The predicted octanol–water partition coefficient (Wildman–Crippen LogP) is 4.19. The van der Waals surface area contributed by atoms with Crippen molar-refractivity contribution in [3.05, 3.63) is 41.9 Å². The Balaban J connectivity index is 0.000000284. The molecular formula is C20H25F3N4O2. The molecule has 0 atom stereocenters. The summed E-state index contributed by atoms with van der Waals surface area (Å²) < 4.78 is 41.5. The molecule has 9 heteroatoms. The zero-order valence-electron chi connectivity index (χ0n) is 17.1. The van der Waals surface area contributed by atoms with Crippen LogP contribution in [0.5, 0.6) is 0 Å². The van der Waals surface area contributed by atoms with Crippen LogP contribution in [0.4, 0.5) is 13.2 Å². The molecule has 0 fully saturated rings. The number of aryl methyl sites for hydroxylation is 2. The van der Waals surface area contributed by atoms with Crippen LogP contribution in [0.3, 0.4) is 0 Å². The monoisotopic (exact) mass is 410 g/mol. The first-order valence-electron chi connectivity index (χ1n) is 9.12. The highest BCUT2D eigenvalue weighted by Gasteiger charge is 2.31. The second kappa shape index (κ2) is 8.36. The van der Waals surface area contributed by atoms with Gasteiger partial charge in [-0.15, -0.1) is 0 Å². The SMILES string of the molecule is CCC(=O)CC(C)(C)O.Cc1nn2ccc(C(F)(F)F)cc2c1-c1ccn(C)n1. The number of aliphatic hydroxyl groups is 1. The summed E-state index contributed by atoms with van der Waals surface area (Å²) in [5.74, 6) is 0.113. The first kappa shape index (κ1) is 22.6. The molecule has 0 aliphatic heterocycles. The fourth-order valence-corrected chi connectivity index (χ4v) is 2.81. The van der Waals surface area contributed by atoms with E-state index in [-0.39, 0.29) is 12.2 Å². The number of alkyl halides is 3. The summed E-state index contributed by atoms with van der Waals surface area (Å²) in [4.78, 5) is 10.7. The lowest BCUT2D eigenvalue weighted by molar-refractivity contribution is -0.137. The van der Waals surface area contributed by atoms with Gasteiger partial charge in [-0.3, -0.25) is 9.48 Å². The lowest BCUT2D eigenvalue weighted by Gasteiger charge is -2.14. The molecule has 3 aromatic heterocycles. The number of nitrogens with zero attached hydrogens (tertiary/aromatic N) is 4. The molecular weight excluding hydrogens is 385 g/mol. The highest BCUT2D eigenvalue weighted by molar-refractivity contribution is 5.80. The average Bonchev–Trinajstić information content (AvgIpc) is 3.14. The van der Waals surface area contributed by atoms with E-state index in [1.54, 1.807) is 51.7 Å². The number of hydrogen-bond acceptors (Lipinski definition) is 4. The molecule has 0 aliphatic carbocycles. The minimum atomic E-state index is -4.37. The molecule has 1 N–H and O–H groups in total. The Morgan fingerprint density at radius 1 is 1.17 bits per heavy atom. The largest absolute Gasteiger partial charge is 0.416 e. The lowest BCUT2D eigenvalue weighted by Crippen LogP contribution is -2.22. The van der Waals surface area contributed by atoms with Gasteiger partial charge >= 0.3 is 6.18 Å². The van der Waals surface area contributed by atoms with Gasteiger partial charge in [-0.2, -0.15) is 23.4 Å². The zero-order valence-corrected chi connectivity index (χ0v) is 17.1. The number of carbonyl (C=O) groups is 1. The third-order valence-electron chi connectivity index (χ3n) is 4.13. The highest BCUT2D eigenvalue weighted by atomic mass is 19.4. The van der Waals surface area contributed by atoms with Crippen LogP contribution in [-0.2, 0) is 18.0 Å². The van der Waals surface area contributed by atoms with Crippen molar-refractivity contribution in [3.63, 3.8) is 0 Å². The highest BCUT2D eigenvalue weighted by Crippen LogP contribution is 2.33. The molecule has 0 spiro atoms. The summed E-state index contributed by atoms with van der Waals surface area (Å²) in [6, 6.07) is 3.87. The Kier molecular flexibility index (Phi) is 6.52. The number of pyridine rings is 1. The normalized spacial score (nSPS) is 12.0. The average molecular weight is 410 g/mol. The van der Waals surface area contributed by atoms with E-state index in [4.69, 9.17) is 5.11 Å². The fraction of sp³-hybridized carbons (Fsp3) is 0.450. The van der Waals surface area contributed by atoms with Gasteiger partial charge in [0.25, 0.3) is 0 Å². The summed E-state index contributed by atoms with van der Waals surface area (Å²) in [5, 5.41) is 17.6. The van der Waals surface area contributed by atoms with Crippen molar-refractivity contribution in [2.75, 3.05) is 0 Å². The van der Waals surface area contributed by atoms with Crippen LogP contribution in [0, 0.1) is 6.92 Å². The van der Waals surface area contributed by atoms with Crippen molar-refractivity contribution in [1.82, 2.24) is 19.4 Å². The molecule has 0 saturated carbocycles. The number of carbonyl (C=O) groups excluding carboxylic acids is 1. The first-order valence-corrected chi connectivity index (χ1v) is 9.12. The molecule has 0 radical (unpaired) electrons. The summed E-state index contributed by atoms with van der Waals surface area (Å²) in [7, 11) is 1.76. The molecule has 3 aromatic rings. The fourth-order valence-electron chi connectivity index (χ4n) is 2.81. The van der Waals surface area contributed by atoms with Crippen LogP contribution in [0.2, 0.25) is 0 Å². The van der Waals surface area contributed by atoms with Gasteiger partial charge < -0.3 is 5.11 Å². The number of ketones is 1. The Morgan fingerprint density at radius 2 is 1.83 bits per heavy atom. The van der Waals surface area contributed by atoms with Crippen molar-refractivity contribution < 1.29 is 23.1 Å². The lowest BCUT2D eigenvalue weighted by atomic mass is 10.0. The first-order chi connectivity index (χ1) is 13.3. The van der Waals surface area contributed by atoms with Gasteiger partial charge in [-0.1, -0.05) is 6.92 Å². The topological polar surface area (TPSA) is 72.4 Å². The molecule has 29 heavy (non-hydrogen) atoms. The van der Waals surface area contributed by atoms with Crippen LogP contribution < -0.4 is 0 Å². The maximum atomic E-state index is 12.8. The van der Waals surface area contributed by atoms with E-state index < -0.39 is 17.3 Å². The molecule has 3 rings (SSSR count). The summed E-state index contributed by atoms with van der Waals surface area (Å²) >= 11 is 0. The van der Waals surface area contributed by atoms with E-state index in [0.717, 1.165) is 12.1 Å². The van der Waals surface area contributed by atoms with Gasteiger partial charge in [0.15, 0.2) is 0 Å². The summed E-state index contributed by atoms with van der Waals surface area (Å²) in [6.45, 7) is 6.83. The van der Waals surface area contributed by atoms with Crippen LogP contribution in [0.1, 0.15) is 44.9 Å². The smallest absolute Gasteiger partial charge is 0.390 e. The molecule has 0 saturated heterocycles. The second-order valence-corrected chi connectivity index (χ2v) is 7.46.